The molecule has 0 radical (unpaired) electrons. The van der Waals surface area contributed by atoms with Gasteiger partial charge in [-0.15, -0.1) is 0 Å². The number of imidazole rings is 1. The van der Waals surface area contributed by atoms with Crippen molar-refractivity contribution in [3.05, 3.63) is 39.2 Å². The number of anilines is 1. The number of aromatic nitrogens is 2. The second kappa shape index (κ2) is 5.44. The molecule has 1 heterocycles. The minimum atomic E-state index is -3.97. The Hall–Kier alpha value is -0.950. The first-order valence-corrected chi connectivity index (χ1v) is 8.00. The SMILES string of the molecule is Cc1ccc(Cl)c(NS(=O)(=O)c2ncn(C)c2Cl)c1Cl. The lowest BCUT2D eigenvalue weighted by molar-refractivity contribution is 0.598. The standard InChI is InChI=1S/C11H10Cl3N3O2S/c1-6-3-4-7(12)9(8(6)13)16-20(18,19)11-10(14)17(2)5-15-11/h3-5,16H,1-2H3. The number of benzene rings is 1. The van der Waals surface area contributed by atoms with Crippen molar-refractivity contribution in [2.24, 2.45) is 7.05 Å². The molecule has 20 heavy (non-hydrogen) atoms. The topological polar surface area (TPSA) is 64.0 Å². The van der Waals surface area contributed by atoms with Crippen molar-refractivity contribution in [3.8, 4) is 0 Å². The van der Waals surface area contributed by atoms with E-state index in [4.69, 9.17) is 34.8 Å². The fourth-order valence-electron chi connectivity index (χ4n) is 1.51. The lowest BCUT2D eigenvalue weighted by Crippen LogP contribution is -2.15. The Morgan fingerprint density at radius 3 is 2.45 bits per heavy atom. The van der Waals surface area contributed by atoms with Crippen molar-refractivity contribution in [1.29, 1.82) is 0 Å². The van der Waals surface area contributed by atoms with E-state index < -0.39 is 10.0 Å². The summed E-state index contributed by atoms with van der Waals surface area (Å²) in [5.41, 5.74) is 0.802. The summed E-state index contributed by atoms with van der Waals surface area (Å²) >= 11 is 17.9. The van der Waals surface area contributed by atoms with E-state index in [2.05, 4.69) is 9.71 Å². The number of halogens is 3. The van der Waals surface area contributed by atoms with Crippen LogP contribution in [0.3, 0.4) is 0 Å². The molecule has 0 fully saturated rings. The van der Waals surface area contributed by atoms with Crippen molar-refractivity contribution < 1.29 is 8.42 Å². The summed E-state index contributed by atoms with van der Waals surface area (Å²) in [4.78, 5) is 3.76. The summed E-state index contributed by atoms with van der Waals surface area (Å²) in [7, 11) is -2.38. The van der Waals surface area contributed by atoms with Gasteiger partial charge in [0.05, 0.1) is 22.1 Å². The molecule has 0 atom stereocenters. The Balaban J connectivity index is 2.49. The van der Waals surface area contributed by atoms with E-state index in [1.165, 1.54) is 10.9 Å². The van der Waals surface area contributed by atoms with Crippen LogP contribution in [0.1, 0.15) is 5.56 Å². The van der Waals surface area contributed by atoms with Crippen molar-refractivity contribution in [2.45, 2.75) is 11.9 Å². The quantitative estimate of drug-likeness (QED) is 0.917. The average molecular weight is 355 g/mol. The first kappa shape index (κ1) is 15.4. The molecule has 5 nitrogen and oxygen atoms in total. The molecule has 0 bridgehead atoms. The summed E-state index contributed by atoms with van der Waals surface area (Å²) in [6.07, 6.45) is 1.30. The van der Waals surface area contributed by atoms with E-state index in [0.717, 1.165) is 0 Å². The summed E-state index contributed by atoms with van der Waals surface area (Å²) in [6, 6.07) is 3.25. The van der Waals surface area contributed by atoms with Gasteiger partial charge >= 0.3 is 0 Å². The predicted octanol–water partition coefficient (Wildman–Crippen LogP) is 3.49. The summed E-state index contributed by atoms with van der Waals surface area (Å²) in [6.45, 7) is 1.74. The minimum Gasteiger partial charge on any atom is -0.324 e. The second-order valence-electron chi connectivity index (χ2n) is 4.11. The highest BCUT2D eigenvalue weighted by Gasteiger charge is 2.24. The van der Waals surface area contributed by atoms with Gasteiger partial charge < -0.3 is 4.57 Å². The number of hydrogen-bond acceptors (Lipinski definition) is 3. The molecule has 9 heteroatoms. The lowest BCUT2D eigenvalue weighted by Gasteiger charge is -2.11. The largest absolute Gasteiger partial charge is 0.324 e. The number of nitrogens with zero attached hydrogens (tertiary/aromatic N) is 2. The van der Waals surface area contributed by atoms with E-state index in [-0.39, 0.29) is 25.9 Å². The van der Waals surface area contributed by atoms with Gasteiger partial charge in [0.25, 0.3) is 10.0 Å². The maximum atomic E-state index is 12.3. The molecule has 1 aromatic carbocycles. The van der Waals surface area contributed by atoms with Crippen LogP contribution >= 0.6 is 34.8 Å². The van der Waals surface area contributed by atoms with Crippen molar-refractivity contribution in [1.82, 2.24) is 9.55 Å². The fourth-order valence-corrected chi connectivity index (χ4v) is 3.61. The van der Waals surface area contributed by atoms with Gasteiger partial charge in [-0.1, -0.05) is 40.9 Å². The van der Waals surface area contributed by atoms with Crippen LogP contribution < -0.4 is 4.72 Å². The highest BCUT2D eigenvalue weighted by molar-refractivity contribution is 7.92. The normalized spacial score (nSPS) is 11.7. The van der Waals surface area contributed by atoms with Crippen LogP contribution in [0.25, 0.3) is 0 Å². The summed E-state index contributed by atoms with van der Waals surface area (Å²) < 4.78 is 28.2. The van der Waals surface area contributed by atoms with Crippen LogP contribution in [-0.4, -0.2) is 18.0 Å². The zero-order valence-electron chi connectivity index (χ0n) is 10.5. The smallest absolute Gasteiger partial charge is 0.282 e. The molecule has 0 unspecified atom stereocenters. The van der Waals surface area contributed by atoms with Crippen LogP contribution in [0.2, 0.25) is 15.2 Å². The van der Waals surface area contributed by atoms with Crippen LogP contribution in [0.4, 0.5) is 5.69 Å². The summed E-state index contributed by atoms with van der Waals surface area (Å²) in [5, 5.41) is 0.136. The highest BCUT2D eigenvalue weighted by Crippen LogP contribution is 2.35. The van der Waals surface area contributed by atoms with Gasteiger partial charge in [-0.2, -0.15) is 8.42 Å². The first-order valence-electron chi connectivity index (χ1n) is 5.38. The van der Waals surface area contributed by atoms with Crippen LogP contribution in [0.5, 0.6) is 0 Å². The molecule has 0 saturated carbocycles. The Morgan fingerprint density at radius 1 is 1.25 bits per heavy atom. The van der Waals surface area contributed by atoms with Crippen LogP contribution in [0.15, 0.2) is 23.5 Å². The molecule has 0 aliphatic carbocycles. The molecule has 108 valence electrons. The third-order valence-corrected chi connectivity index (χ3v) is 5.25. The highest BCUT2D eigenvalue weighted by atomic mass is 35.5. The predicted molar refractivity (Wildman–Crippen MR) is 80.2 cm³/mol. The number of sulfonamides is 1. The molecule has 0 spiro atoms. The third-order valence-electron chi connectivity index (χ3n) is 2.61. The fraction of sp³-hybridized carbons (Fsp3) is 0.182. The van der Waals surface area contributed by atoms with Gasteiger partial charge in [-0.05, 0) is 18.6 Å². The zero-order chi connectivity index (χ0) is 15.1. The van der Waals surface area contributed by atoms with Gasteiger partial charge in [0.15, 0.2) is 0 Å². The number of aryl methyl sites for hydroxylation is 2. The zero-order valence-corrected chi connectivity index (χ0v) is 13.6. The number of nitrogens with one attached hydrogen (secondary N) is 1. The Bertz CT molecular complexity index is 771. The van der Waals surface area contributed by atoms with E-state index in [0.29, 0.717) is 5.56 Å². The Labute approximate surface area is 131 Å². The molecule has 2 aromatic rings. The van der Waals surface area contributed by atoms with Crippen LogP contribution in [0, 0.1) is 6.92 Å². The molecule has 1 N–H and O–H groups in total. The van der Waals surface area contributed by atoms with Crippen molar-refractivity contribution >= 4 is 50.5 Å². The lowest BCUT2D eigenvalue weighted by atomic mass is 10.2. The van der Waals surface area contributed by atoms with E-state index in [9.17, 15) is 8.42 Å². The third kappa shape index (κ3) is 2.74. The Morgan fingerprint density at radius 2 is 1.90 bits per heavy atom. The van der Waals surface area contributed by atoms with Crippen molar-refractivity contribution in [2.75, 3.05) is 4.72 Å². The van der Waals surface area contributed by atoms with Crippen LogP contribution in [-0.2, 0) is 17.1 Å². The number of rotatable bonds is 3. The monoisotopic (exact) mass is 353 g/mol. The van der Waals surface area contributed by atoms with Gasteiger partial charge in [-0.3, -0.25) is 4.72 Å². The molecule has 2 rings (SSSR count). The minimum absolute atomic E-state index is 0.00241. The maximum Gasteiger partial charge on any atom is 0.282 e. The van der Waals surface area contributed by atoms with Gasteiger partial charge in [0, 0.05) is 7.05 Å². The molecule has 0 aliphatic rings. The summed E-state index contributed by atoms with van der Waals surface area (Å²) in [5.74, 6) is 0. The van der Waals surface area contributed by atoms with Gasteiger partial charge in [0.2, 0.25) is 5.03 Å². The van der Waals surface area contributed by atoms with E-state index in [1.807, 2.05) is 0 Å². The average Bonchev–Trinajstić information content (AvgIpc) is 2.71. The van der Waals surface area contributed by atoms with Gasteiger partial charge in [-0.25, -0.2) is 4.98 Å². The molecule has 1 aromatic heterocycles. The molecule has 0 aliphatic heterocycles. The van der Waals surface area contributed by atoms with E-state index in [1.54, 1.807) is 26.1 Å². The molecular formula is C11H10Cl3N3O2S. The van der Waals surface area contributed by atoms with Crippen molar-refractivity contribution in [3.63, 3.8) is 0 Å². The maximum absolute atomic E-state index is 12.3. The number of hydrogen-bond donors (Lipinski definition) is 1. The van der Waals surface area contributed by atoms with Gasteiger partial charge in [0.1, 0.15) is 5.15 Å². The molecule has 0 saturated heterocycles. The molecular weight excluding hydrogens is 345 g/mol. The van der Waals surface area contributed by atoms with E-state index >= 15 is 0 Å². The first-order chi connectivity index (χ1) is 9.24. The second-order valence-corrected chi connectivity index (χ2v) is 6.85. The Kier molecular flexibility index (Phi) is 4.20. The molecule has 0 amide bonds.